The Hall–Kier alpha value is -1.84. The molecule has 1 aliphatic rings. The fourth-order valence-electron chi connectivity index (χ4n) is 2.12. The smallest absolute Gasteiger partial charge is 0.341 e. The minimum atomic E-state index is -3.62. The highest BCUT2D eigenvalue weighted by Crippen LogP contribution is 2.28. The van der Waals surface area contributed by atoms with E-state index in [0.717, 1.165) is 4.31 Å². The summed E-state index contributed by atoms with van der Waals surface area (Å²) in [7, 11) is -2.20. The third-order valence-corrected chi connectivity index (χ3v) is 5.86. The second-order valence-electron chi connectivity index (χ2n) is 4.96. The van der Waals surface area contributed by atoms with Crippen LogP contribution in [0, 0.1) is 0 Å². The Kier molecular flexibility index (Phi) is 5.12. The van der Waals surface area contributed by atoms with Gasteiger partial charge in [-0.05, 0) is 24.6 Å². The first kappa shape index (κ1) is 17.5. The summed E-state index contributed by atoms with van der Waals surface area (Å²) in [4.78, 5) is 22.6. The van der Waals surface area contributed by atoms with Crippen molar-refractivity contribution in [1.29, 1.82) is 0 Å². The summed E-state index contributed by atoms with van der Waals surface area (Å²) >= 11 is 5.94. The first-order chi connectivity index (χ1) is 10.7. The molecule has 8 nitrogen and oxygen atoms in total. The molecule has 2 N–H and O–H groups in total. The molecule has 1 aromatic carbocycles. The summed E-state index contributed by atoms with van der Waals surface area (Å²) in [6, 6.07) is 4.21. The third kappa shape index (κ3) is 3.92. The summed E-state index contributed by atoms with van der Waals surface area (Å²) < 4.78 is 30.0. The van der Waals surface area contributed by atoms with E-state index in [1.807, 2.05) is 0 Å². The van der Waals surface area contributed by atoms with Crippen molar-refractivity contribution in [2.75, 3.05) is 25.5 Å². The number of carboxylic acid groups (broad SMARTS) is 1. The Morgan fingerprint density at radius 2 is 2.17 bits per heavy atom. The van der Waals surface area contributed by atoms with Gasteiger partial charge in [0.15, 0.2) is 11.9 Å². The SMILES string of the molecule is CN1CCC(C(=O)Nc2ccc(OCC(=O)O)c(Cl)c2)S1(=O)=O. The predicted molar refractivity (Wildman–Crippen MR) is 83.2 cm³/mol. The average molecular weight is 363 g/mol. The van der Waals surface area contributed by atoms with Crippen LogP contribution in [0.1, 0.15) is 6.42 Å². The molecular formula is C13H15ClN2O6S. The molecule has 0 aliphatic carbocycles. The molecule has 23 heavy (non-hydrogen) atoms. The van der Waals surface area contributed by atoms with Gasteiger partial charge in [-0.3, -0.25) is 4.79 Å². The van der Waals surface area contributed by atoms with E-state index in [2.05, 4.69) is 5.32 Å². The highest BCUT2D eigenvalue weighted by Gasteiger charge is 2.41. The molecule has 1 fully saturated rings. The van der Waals surface area contributed by atoms with Crippen LogP contribution in [0.4, 0.5) is 5.69 Å². The van der Waals surface area contributed by atoms with Gasteiger partial charge >= 0.3 is 5.97 Å². The van der Waals surface area contributed by atoms with E-state index in [-0.39, 0.29) is 17.2 Å². The summed E-state index contributed by atoms with van der Waals surface area (Å²) in [5, 5.41) is 10.0. The molecule has 1 atom stereocenters. The predicted octanol–water partition coefficient (Wildman–Crippen LogP) is 0.776. The number of hydrogen-bond acceptors (Lipinski definition) is 5. The van der Waals surface area contributed by atoms with Crippen molar-refractivity contribution in [1.82, 2.24) is 4.31 Å². The van der Waals surface area contributed by atoms with Gasteiger partial charge in [0.05, 0.1) is 5.02 Å². The molecule has 2 rings (SSSR count). The standard InChI is InChI=1S/C13H15ClN2O6S/c1-16-5-4-11(23(16,20)21)13(19)15-8-2-3-10(9(14)6-8)22-7-12(17)18/h2-3,6,11H,4-5,7H2,1H3,(H,15,19)(H,17,18). The van der Waals surface area contributed by atoms with Crippen LogP contribution in [-0.4, -0.2) is 55.2 Å². The molecule has 1 amide bonds. The molecule has 0 spiro atoms. The lowest BCUT2D eigenvalue weighted by Gasteiger charge is -2.13. The fourth-order valence-corrected chi connectivity index (χ4v) is 3.88. The molecular weight excluding hydrogens is 348 g/mol. The van der Waals surface area contributed by atoms with E-state index in [1.54, 1.807) is 0 Å². The van der Waals surface area contributed by atoms with Gasteiger partial charge in [0.2, 0.25) is 15.9 Å². The number of aliphatic carboxylic acids is 1. The lowest BCUT2D eigenvalue weighted by atomic mass is 10.2. The van der Waals surface area contributed by atoms with Crippen LogP contribution >= 0.6 is 11.6 Å². The molecule has 1 aliphatic heterocycles. The van der Waals surface area contributed by atoms with Gasteiger partial charge in [-0.1, -0.05) is 11.6 Å². The Balaban J connectivity index is 2.07. The number of nitrogens with zero attached hydrogens (tertiary/aromatic N) is 1. The van der Waals surface area contributed by atoms with Gasteiger partial charge in [0.25, 0.3) is 0 Å². The quantitative estimate of drug-likeness (QED) is 0.800. The number of ether oxygens (including phenoxy) is 1. The summed E-state index contributed by atoms with van der Waals surface area (Å²) in [6.45, 7) is -0.249. The Morgan fingerprint density at radius 3 is 2.70 bits per heavy atom. The summed E-state index contributed by atoms with van der Waals surface area (Å²) in [5.74, 6) is -1.63. The average Bonchev–Trinajstić information content (AvgIpc) is 2.72. The maximum absolute atomic E-state index is 12.1. The first-order valence-electron chi connectivity index (χ1n) is 6.62. The van der Waals surface area contributed by atoms with Crippen LogP contribution in [0.3, 0.4) is 0 Å². The number of carbonyl (C=O) groups is 2. The molecule has 0 saturated carbocycles. The van der Waals surface area contributed by atoms with Gasteiger partial charge in [-0.25, -0.2) is 17.5 Å². The molecule has 0 bridgehead atoms. The number of halogens is 1. The van der Waals surface area contributed by atoms with Gasteiger partial charge in [-0.2, -0.15) is 0 Å². The van der Waals surface area contributed by atoms with Gasteiger partial charge in [0.1, 0.15) is 5.75 Å². The highest BCUT2D eigenvalue weighted by molar-refractivity contribution is 7.90. The largest absolute Gasteiger partial charge is 0.480 e. The van der Waals surface area contributed by atoms with Crippen LogP contribution in [0.15, 0.2) is 18.2 Å². The molecule has 10 heteroatoms. The monoisotopic (exact) mass is 362 g/mol. The van der Waals surface area contributed by atoms with Crippen LogP contribution in [-0.2, 0) is 19.6 Å². The molecule has 0 radical (unpaired) electrons. The zero-order valence-electron chi connectivity index (χ0n) is 12.2. The van der Waals surface area contributed by atoms with Crippen molar-refractivity contribution in [3.8, 4) is 5.75 Å². The van der Waals surface area contributed by atoms with Crippen molar-refractivity contribution < 1.29 is 27.9 Å². The van der Waals surface area contributed by atoms with E-state index in [0.29, 0.717) is 12.2 Å². The molecule has 1 heterocycles. The molecule has 126 valence electrons. The zero-order chi connectivity index (χ0) is 17.2. The van der Waals surface area contributed by atoms with E-state index in [4.69, 9.17) is 21.4 Å². The van der Waals surface area contributed by atoms with Gasteiger partial charge in [-0.15, -0.1) is 0 Å². The van der Waals surface area contributed by atoms with Crippen LogP contribution in [0.5, 0.6) is 5.75 Å². The second-order valence-corrected chi connectivity index (χ2v) is 7.59. The molecule has 1 aromatic rings. The number of anilines is 1. The number of amides is 1. The van der Waals surface area contributed by atoms with E-state index in [9.17, 15) is 18.0 Å². The number of benzene rings is 1. The van der Waals surface area contributed by atoms with Gasteiger partial charge < -0.3 is 15.2 Å². The Morgan fingerprint density at radius 1 is 1.48 bits per heavy atom. The maximum atomic E-state index is 12.1. The highest BCUT2D eigenvalue weighted by atomic mass is 35.5. The third-order valence-electron chi connectivity index (χ3n) is 3.34. The number of hydrogen-bond donors (Lipinski definition) is 2. The van der Waals surface area contributed by atoms with Crippen molar-refractivity contribution >= 4 is 39.2 Å². The zero-order valence-corrected chi connectivity index (χ0v) is 13.7. The first-order valence-corrected chi connectivity index (χ1v) is 8.50. The van der Waals surface area contributed by atoms with Crippen LogP contribution in [0.25, 0.3) is 0 Å². The van der Waals surface area contributed by atoms with Crippen molar-refractivity contribution in [2.45, 2.75) is 11.7 Å². The van der Waals surface area contributed by atoms with Gasteiger partial charge in [0, 0.05) is 19.3 Å². The minimum Gasteiger partial charge on any atom is -0.480 e. The topological polar surface area (TPSA) is 113 Å². The number of nitrogens with one attached hydrogen (secondary N) is 1. The molecule has 1 saturated heterocycles. The summed E-state index contributed by atoms with van der Waals surface area (Å²) in [6.07, 6.45) is 0.220. The van der Waals surface area contributed by atoms with E-state index < -0.39 is 33.8 Å². The number of carboxylic acids is 1. The number of sulfonamides is 1. The lowest BCUT2D eigenvalue weighted by Crippen LogP contribution is -2.35. The van der Waals surface area contributed by atoms with Crippen molar-refractivity contribution in [3.05, 3.63) is 23.2 Å². The minimum absolute atomic E-state index is 0.107. The normalized spacial score (nSPS) is 20.2. The van der Waals surface area contributed by atoms with Crippen LogP contribution < -0.4 is 10.1 Å². The maximum Gasteiger partial charge on any atom is 0.341 e. The van der Waals surface area contributed by atoms with Crippen molar-refractivity contribution in [2.24, 2.45) is 0 Å². The Bertz CT molecular complexity index is 736. The second kappa shape index (κ2) is 6.73. The van der Waals surface area contributed by atoms with E-state index in [1.165, 1.54) is 25.2 Å². The summed E-state index contributed by atoms with van der Waals surface area (Å²) in [5.41, 5.74) is 0.299. The van der Waals surface area contributed by atoms with E-state index >= 15 is 0 Å². The number of rotatable bonds is 5. The molecule has 1 unspecified atom stereocenters. The van der Waals surface area contributed by atoms with Crippen molar-refractivity contribution in [3.63, 3.8) is 0 Å². The Labute approximate surface area is 138 Å². The fraction of sp³-hybridized carbons (Fsp3) is 0.385. The number of carbonyl (C=O) groups excluding carboxylic acids is 1. The lowest BCUT2D eigenvalue weighted by molar-refractivity contribution is -0.139. The van der Waals surface area contributed by atoms with Crippen LogP contribution in [0.2, 0.25) is 5.02 Å². The molecule has 0 aromatic heterocycles.